The minimum absolute atomic E-state index is 0.169. The molecule has 0 radical (unpaired) electrons. The zero-order chi connectivity index (χ0) is 20.1. The van der Waals surface area contributed by atoms with E-state index < -0.39 is 0 Å². The fraction of sp³-hybridized carbons (Fsp3) is 0.600. The molecule has 2 saturated carbocycles. The fourth-order valence-electron chi connectivity index (χ4n) is 5.94. The Morgan fingerprint density at radius 3 is 2.55 bits per heavy atom. The molecule has 0 spiro atoms. The van der Waals surface area contributed by atoms with Gasteiger partial charge in [0.05, 0.1) is 0 Å². The fourth-order valence-corrected chi connectivity index (χ4v) is 6.65. The Balaban J connectivity index is 1.42. The number of nitrogens with two attached hydrogens (primary N) is 1. The minimum atomic E-state index is -0.169. The SMILES string of the molecule is NCC(NCCc1ccc(F)cc1)C(c1ccsc1)C1CCC2CCCCC2C1. The summed E-state index contributed by atoms with van der Waals surface area (Å²) in [5.74, 6) is 2.97. The van der Waals surface area contributed by atoms with Gasteiger partial charge in [0.15, 0.2) is 0 Å². The average molecular weight is 415 g/mol. The molecule has 1 heterocycles. The van der Waals surface area contributed by atoms with Gasteiger partial charge >= 0.3 is 0 Å². The highest BCUT2D eigenvalue weighted by Gasteiger charge is 2.38. The second-order valence-corrected chi connectivity index (χ2v) is 9.91. The Labute approximate surface area is 179 Å². The molecule has 158 valence electrons. The molecule has 4 rings (SSSR count). The summed E-state index contributed by atoms with van der Waals surface area (Å²) in [6.45, 7) is 1.54. The Bertz CT molecular complexity index is 730. The van der Waals surface area contributed by atoms with Crippen LogP contribution >= 0.6 is 11.3 Å². The summed E-state index contributed by atoms with van der Waals surface area (Å²) < 4.78 is 13.1. The van der Waals surface area contributed by atoms with Crippen molar-refractivity contribution in [3.63, 3.8) is 0 Å². The number of halogens is 1. The van der Waals surface area contributed by atoms with Crippen molar-refractivity contribution >= 4 is 11.3 Å². The molecule has 3 N–H and O–H groups in total. The normalized spacial score (nSPS) is 26.6. The standard InChI is InChI=1S/C25H35FN2S/c26-23-9-5-18(6-10-23)11-13-28-24(16-27)25(22-12-14-29-17-22)21-8-7-19-3-1-2-4-20(19)15-21/h5-6,9-10,12,14,17,19-21,24-25,28H,1-4,7-8,11,13,15-16,27H2. The molecule has 2 aliphatic rings. The van der Waals surface area contributed by atoms with E-state index in [1.165, 1.54) is 56.1 Å². The molecule has 2 fully saturated rings. The van der Waals surface area contributed by atoms with Crippen LogP contribution in [-0.4, -0.2) is 19.1 Å². The van der Waals surface area contributed by atoms with Crippen molar-refractivity contribution in [1.29, 1.82) is 0 Å². The van der Waals surface area contributed by atoms with E-state index in [9.17, 15) is 4.39 Å². The first kappa shape index (κ1) is 21.0. The maximum atomic E-state index is 13.1. The van der Waals surface area contributed by atoms with Gasteiger partial charge < -0.3 is 11.1 Å². The molecule has 0 saturated heterocycles. The molecular formula is C25H35FN2S. The highest BCUT2D eigenvalue weighted by Crippen LogP contribution is 2.47. The van der Waals surface area contributed by atoms with Crippen LogP contribution in [0.25, 0.3) is 0 Å². The monoisotopic (exact) mass is 414 g/mol. The van der Waals surface area contributed by atoms with Crippen LogP contribution in [0.3, 0.4) is 0 Å². The number of benzene rings is 1. The maximum absolute atomic E-state index is 13.1. The Morgan fingerprint density at radius 2 is 1.83 bits per heavy atom. The smallest absolute Gasteiger partial charge is 0.123 e. The highest BCUT2D eigenvalue weighted by molar-refractivity contribution is 7.08. The Morgan fingerprint density at radius 1 is 1.03 bits per heavy atom. The molecular weight excluding hydrogens is 379 g/mol. The first-order valence-corrected chi connectivity index (χ1v) is 12.4. The predicted octanol–water partition coefficient (Wildman–Crippen LogP) is 5.74. The van der Waals surface area contributed by atoms with Crippen LogP contribution in [0.4, 0.5) is 4.39 Å². The van der Waals surface area contributed by atoms with Crippen molar-refractivity contribution in [2.24, 2.45) is 23.5 Å². The van der Waals surface area contributed by atoms with Gasteiger partial charge in [0.1, 0.15) is 5.82 Å². The van der Waals surface area contributed by atoms with Crippen molar-refractivity contribution in [1.82, 2.24) is 5.32 Å². The van der Waals surface area contributed by atoms with Crippen LogP contribution < -0.4 is 11.1 Å². The van der Waals surface area contributed by atoms with E-state index in [1.807, 2.05) is 12.1 Å². The molecule has 29 heavy (non-hydrogen) atoms. The van der Waals surface area contributed by atoms with Gasteiger partial charge in [-0.3, -0.25) is 0 Å². The van der Waals surface area contributed by atoms with E-state index in [4.69, 9.17) is 5.73 Å². The van der Waals surface area contributed by atoms with Gasteiger partial charge in [-0.2, -0.15) is 11.3 Å². The zero-order valence-corrected chi connectivity index (χ0v) is 18.2. The van der Waals surface area contributed by atoms with Gasteiger partial charge in [-0.15, -0.1) is 0 Å². The summed E-state index contributed by atoms with van der Waals surface area (Å²) in [4.78, 5) is 0. The molecule has 4 heteroatoms. The van der Waals surface area contributed by atoms with Crippen molar-refractivity contribution in [3.8, 4) is 0 Å². The lowest BCUT2D eigenvalue weighted by Crippen LogP contribution is -2.45. The number of hydrogen-bond acceptors (Lipinski definition) is 3. The van der Waals surface area contributed by atoms with E-state index in [2.05, 4.69) is 22.1 Å². The van der Waals surface area contributed by atoms with Crippen molar-refractivity contribution < 1.29 is 4.39 Å². The first-order valence-electron chi connectivity index (χ1n) is 11.4. The van der Waals surface area contributed by atoms with Crippen LogP contribution in [0.1, 0.15) is 62.0 Å². The molecule has 5 atom stereocenters. The van der Waals surface area contributed by atoms with Gasteiger partial charge in [0.25, 0.3) is 0 Å². The topological polar surface area (TPSA) is 38.0 Å². The molecule has 0 aliphatic heterocycles. The van der Waals surface area contributed by atoms with E-state index in [-0.39, 0.29) is 5.82 Å². The molecule has 2 aromatic rings. The number of thiophene rings is 1. The van der Waals surface area contributed by atoms with E-state index >= 15 is 0 Å². The Kier molecular flexibility index (Phi) is 7.39. The number of rotatable bonds is 8. The van der Waals surface area contributed by atoms with Gasteiger partial charge in [-0.05, 0) is 90.1 Å². The third kappa shape index (κ3) is 5.28. The number of nitrogens with one attached hydrogen (secondary N) is 1. The van der Waals surface area contributed by atoms with Crippen LogP contribution in [0, 0.1) is 23.6 Å². The molecule has 1 aromatic carbocycles. The minimum Gasteiger partial charge on any atom is -0.329 e. The van der Waals surface area contributed by atoms with Crippen LogP contribution in [-0.2, 0) is 6.42 Å². The number of fused-ring (bicyclic) bond motifs is 1. The lowest BCUT2D eigenvalue weighted by molar-refractivity contribution is 0.108. The first-order chi connectivity index (χ1) is 14.2. The van der Waals surface area contributed by atoms with Gasteiger partial charge in [0, 0.05) is 18.5 Å². The van der Waals surface area contributed by atoms with Crippen LogP contribution in [0.5, 0.6) is 0 Å². The third-order valence-electron chi connectivity index (χ3n) is 7.44. The second-order valence-electron chi connectivity index (χ2n) is 9.13. The van der Waals surface area contributed by atoms with E-state index in [0.717, 1.165) is 30.7 Å². The van der Waals surface area contributed by atoms with Crippen LogP contribution in [0.15, 0.2) is 41.1 Å². The lowest BCUT2D eigenvalue weighted by Gasteiger charge is -2.44. The predicted molar refractivity (Wildman–Crippen MR) is 121 cm³/mol. The number of hydrogen-bond donors (Lipinski definition) is 2. The molecule has 0 bridgehead atoms. The molecule has 1 aromatic heterocycles. The zero-order valence-electron chi connectivity index (χ0n) is 17.4. The molecule has 2 aliphatic carbocycles. The lowest BCUT2D eigenvalue weighted by atomic mass is 9.63. The summed E-state index contributed by atoms with van der Waals surface area (Å²) >= 11 is 1.80. The molecule has 2 nitrogen and oxygen atoms in total. The van der Waals surface area contributed by atoms with Crippen molar-refractivity contribution in [2.45, 2.75) is 63.3 Å². The summed E-state index contributed by atoms with van der Waals surface area (Å²) in [6, 6.07) is 9.48. The van der Waals surface area contributed by atoms with Gasteiger partial charge in [-0.25, -0.2) is 4.39 Å². The molecule has 0 amide bonds. The van der Waals surface area contributed by atoms with Crippen molar-refractivity contribution in [2.75, 3.05) is 13.1 Å². The quantitative estimate of drug-likeness (QED) is 0.578. The van der Waals surface area contributed by atoms with Gasteiger partial charge in [0.2, 0.25) is 0 Å². The second kappa shape index (κ2) is 10.2. The van der Waals surface area contributed by atoms with Crippen LogP contribution in [0.2, 0.25) is 0 Å². The van der Waals surface area contributed by atoms with E-state index in [0.29, 0.717) is 18.5 Å². The van der Waals surface area contributed by atoms with E-state index in [1.54, 1.807) is 23.5 Å². The summed E-state index contributed by atoms with van der Waals surface area (Å²) in [5, 5.41) is 8.32. The Hall–Kier alpha value is -1.23. The summed E-state index contributed by atoms with van der Waals surface area (Å²) in [6.07, 6.45) is 10.8. The molecule has 5 unspecified atom stereocenters. The maximum Gasteiger partial charge on any atom is 0.123 e. The largest absolute Gasteiger partial charge is 0.329 e. The highest BCUT2D eigenvalue weighted by atomic mass is 32.1. The summed E-state index contributed by atoms with van der Waals surface area (Å²) in [5.41, 5.74) is 8.95. The van der Waals surface area contributed by atoms with Crippen molar-refractivity contribution in [3.05, 3.63) is 58.0 Å². The third-order valence-corrected chi connectivity index (χ3v) is 8.14. The average Bonchev–Trinajstić information content (AvgIpc) is 3.28. The summed E-state index contributed by atoms with van der Waals surface area (Å²) in [7, 11) is 0. The van der Waals surface area contributed by atoms with Gasteiger partial charge in [-0.1, -0.05) is 37.8 Å².